The maximum atomic E-state index is 10.9. The Kier molecular flexibility index (Phi) is 2.44. The van der Waals surface area contributed by atoms with Gasteiger partial charge < -0.3 is 4.98 Å². The summed E-state index contributed by atoms with van der Waals surface area (Å²) in [4.78, 5) is 14.1. The van der Waals surface area contributed by atoms with Gasteiger partial charge in [0.05, 0.1) is 5.69 Å². The van der Waals surface area contributed by atoms with E-state index in [9.17, 15) is 4.79 Å². The lowest BCUT2D eigenvalue weighted by Gasteiger charge is -2.24. The van der Waals surface area contributed by atoms with Crippen molar-refractivity contribution in [3.05, 3.63) is 23.0 Å². The van der Waals surface area contributed by atoms with Crippen LogP contribution in [0.1, 0.15) is 66.7 Å². The molecule has 1 saturated carbocycles. The highest BCUT2D eigenvalue weighted by Crippen LogP contribution is 2.38. The van der Waals surface area contributed by atoms with Crippen LogP contribution in [-0.4, -0.2) is 11.3 Å². The van der Waals surface area contributed by atoms with Crippen molar-refractivity contribution in [2.45, 2.75) is 44.9 Å². The number of aromatic nitrogens is 1. The van der Waals surface area contributed by atoms with Crippen LogP contribution in [0.15, 0.2) is 6.07 Å². The molecule has 0 spiro atoms. The second kappa shape index (κ2) is 3.60. The minimum Gasteiger partial charge on any atom is -0.356 e. The molecule has 1 heterocycles. The lowest BCUT2D eigenvalue weighted by Crippen LogP contribution is -2.09. The van der Waals surface area contributed by atoms with E-state index in [1.807, 2.05) is 0 Å². The van der Waals surface area contributed by atoms with E-state index in [2.05, 4.69) is 24.9 Å². The Bertz CT molecular complexity index is 334. The fraction of sp³-hybridized carbons (Fsp3) is 0.583. The van der Waals surface area contributed by atoms with Crippen LogP contribution in [0.2, 0.25) is 0 Å². The van der Waals surface area contributed by atoms with Gasteiger partial charge in [0.25, 0.3) is 0 Å². The van der Waals surface area contributed by atoms with Gasteiger partial charge in [-0.1, -0.05) is 20.3 Å². The van der Waals surface area contributed by atoms with Crippen molar-refractivity contribution < 1.29 is 4.79 Å². The first kappa shape index (κ1) is 9.50. The molecule has 1 fully saturated rings. The first-order valence-corrected chi connectivity index (χ1v) is 5.40. The molecule has 1 aromatic heterocycles. The summed E-state index contributed by atoms with van der Waals surface area (Å²) in [6.07, 6.45) is 4.76. The highest BCUT2D eigenvalue weighted by molar-refractivity contribution is 5.75. The average Bonchev–Trinajstić information content (AvgIpc) is 2.45. The van der Waals surface area contributed by atoms with Gasteiger partial charge in [0, 0.05) is 5.69 Å². The lowest BCUT2D eigenvalue weighted by molar-refractivity contribution is 0.111. The summed E-state index contributed by atoms with van der Waals surface area (Å²) in [6.45, 7) is 4.29. The third-order valence-corrected chi connectivity index (χ3v) is 3.19. The topological polar surface area (TPSA) is 32.9 Å². The molecule has 0 aliphatic heterocycles. The zero-order valence-electron chi connectivity index (χ0n) is 8.84. The first-order chi connectivity index (χ1) is 6.72. The Hall–Kier alpha value is -1.05. The van der Waals surface area contributed by atoms with Crippen molar-refractivity contribution in [1.82, 2.24) is 4.98 Å². The predicted octanol–water partition coefficient (Wildman–Crippen LogP) is 3.22. The zero-order chi connectivity index (χ0) is 10.1. The summed E-state index contributed by atoms with van der Waals surface area (Å²) in [6, 6.07) is 2.18. The molecule has 0 radical (unpaired) electrons. The molecule has 0 unspecified atom stereocenters. The van der Waals surface area contributed by atoms with E-state index < -0.39 is 0 Å². The number of hydrogen-bond acceptors (Lipinski definition) is 1. The van der Waals surface area contributed by atoms with Crippen LogP contribution in [0.25, 0.3) is 0 Å². The molecule has 0 amide bonds. The van der Waals surface area contributed by atoms with Gasteiger partial charge in [-0.25, -0.2) is 0 Å². The Morgan fingerprint density at radius 1 is 1.50 bits per heavy atom. The van der Waals surface area contributed by atoms with Crippen molar-refractivity contribution in [3.63, 3.8) is 0 Å². The van der Waals surface area contributed by atoms with E-state index >= 15 is 0 Å². The Morgan fingerprint density at radius 2 is 2.21 bits per heavy atom. The fourth-order valence-corrected chi connectivity index (χ4v) is 1.97. The van der Waals surface area contributed by atoms with Crippen LogP contribution in [0.4, 0.5) is 0 Å². The molecule has 2 rings (SSSR count). The minimum absolute atomic E-state index is 0.475. The van der Waals surface area contributed by atoms with Crippen molar-refractivity contribution in [2.24, 2.45) is 0 Å². The number of hydrogen-bond donors (Lipinski definition) is 1. The molecule has 1 aliphatic carbocycles. The van der Waals surface area contributed by atoms with E-state index in [-0.39, 0.29) is 0 Å². The van der Waals surface area contributed by atoms with Crippen molar-refractivity contribution in [2.75, 3.05) is 0 Å². The van der Waals surface area contributed by atoms with E-state index in [1.54, 1.807) is 0 Å². The molecular weight excluding hydrogens is 174 g/mol. The molecule has 0 aromatic carbocycles. The number of carbonyl (C=O) groups is 1. The quantitative estimate of drug-likeness (QED) is 0.731. The summed E-state index contributed by atoms with van der Waals surface area (Å²) in [5.41, 5.74) is 3.24. The molecule has 0 bridgehead atoms. The summed E-state index contributed by atoms with van der Waals surface area (Å²) in [5, 5.41) is 0. The van der Waals surface area contributed by atoms with E-state index in [0.717, 1.165) is 12.0 Å². The Balaban J connectivity index is 2.31. The van der Waals surface area contributed by atoms with Crippen LogP contribution < -0.4 is 0 Å². The molecular formula is C12H17NO. The maximum Gasteiger partial charge on any atom is 0.166 e. The monoisotopic (exact) mass is 191 g/mol. The highest BCUT2D eigenvalue weighted by atomic mass is 16.1. The van der Waals surface area contributed by atoms with Gasteiger partial charge in [0.1, 0.15) is 0 Å². The van der Waals surface area contributed by atoms with Crippen molar-refractivity contribution in [3.8, 4) is 0 Å². The molecule has 0 atom stereocenters. The van der Waals surface area contributed by atoms with Crippen LogP contribution in [0, 0.1) is 0 Å². The van der Waals surface area contributed by atoms with Gasteiger partial charge in [-0.15, -0.1) is 0 Å². The SMILES string of the molecule is CC(C)c1cc(C2CCC2)c(C=O)[nH]1. The van der Waals surface area contributed by atoms with Crippen molar-refractivity contribution in [1.29, 1.82) is 0 Å². The van der Waals surface area contributed by atoms with Gasteiger partial charge in [-0.2, -0.15) is 0 Å². The summed E-state index contributed by atoms with van der Waals surface area (Å²) in [7, 11) is 0. The minimum atomic E-state index is 0.475. The van der Waals surface area contributed by atoms with Gasteiger partial charge in [-0.05, 0) is 36.3 Å². The number of nitrogens with one attached hydrogen (secondary N) is 1. The number of aldehydes is 1. The van der Waals surface area contributed by atoms with Crippen LogP contribution >= 0.6 is 0 Å². The van der Waals surface area contributed by atoms with Crippen LogP contribution in [-0.2, 0) is 0 Å². The first-order valence-electron chi connectivity index (χ1n) is 5.40. The average molecular weight is 191 g/mol. The standard InChI is InChI=1S/C12H17NO/c1-8(2)11-6-10(9-4-3-5-9)12(7-14)13-11/h6-9,13H,3-5H2,1-2H3. The third kappa shape index (κ3) is 1.49. The summed E-state index contributed by atoms with van der Waals surface area (Å²) >= 11 is 0. The second-order valence-electron chi connectivity index (χ2n) is 4.49. The molecule has 76 valence electrons. The second-order valence-corrected chi connectivity index (χ2v) is 4.49. The zero-order valence-corrected chi connectivity index (χ0v) is 8.84. The molecule has 1 aromatic rings. The molecule has 0 saturated heterocycles. The van der Waals surface area contributed by atoms with E-state index in [1.165, 1.54) is 30.5 Å². The Labute approximate surface area is 84.7 Å². The molecule has 1 aliphatic rings. The highest BCUT2D eigenvalue weighted by Gasteiger charge is 2.24. The normalized spacial score (nSPS) is 17.1. The lowest BCUT2D eigenvalue weighted by atomic mass is 9.80. The molecule has 1 N–H and O–H groups in total. The maximum absolute atomic E-state index is 10.9. The molecule has 2 heteroatoms. The number of carbonyl (C=O) groups excluding carboxylic acids is 1. The fourth-order valence-electron chi connectivity index (χ4n) is 1.97. The smallest absolute Gasteiger partial charge is 0.166 e. The van der Waals surface area contributed by atoms with E-state index in [0.29, 0.717) is 11.8 Å². The summed E-state index contributed by atoms with van der Waals surface area (Å²) in [5.74, 6) is 1.11. The summed E-state index contributed by atoms with van der Waals surface area (Å²) < 4.78 is 0. The van der Waals surface area contributed by atoms with Gasteiger partial charge >= 0.3 is 0 Å². The Morgan fingerprint density at radius 3 is 2.64 bits per heavy atom. The number of rotatable bonds is 3. The van der Waals surface area contributed by atoms with Crippen molar-refractivity contribution >= 4 is 6.29 Å². The van der Waals surface area contributed by atoms with Gasteiger partial charge in [0.2, 0.25) is 0 Å². The van der Waals surface area contributed by atoms with Crippen LogP contribution in [0.5, 0.6) is 0 Å². The largest absolute Gasteiger partial charge is 0.356 e. The number of H-pyrrole nitrogens is 1. The van der Waals surface area contributed by atoms with Gasteiger partial charge in [-0.3, -0.25) is 4.79 Å². The number of aromatic amines is 1. The van der Waals surface area contributed by atoms with Gasteiger partial charge in [0.15, 0.2) is 6.29 Å². The molecule has 2 nitrogen and oxygen atoms in total. The molecule has 14 heavy (non-hydrogen) atoms. The van der Waals surface area contributed by atoms with E-state index in [4.69, 9.17) is 0 Å². The van der Waals surface area contributed by atoms with Crippen LogP contribution in [0.3, 0.4) is 0 Å². The third-order valence-electron chi connectivity index (χ3n) is 3.19. The predicted molar refractivity (Wildman–Crippen MR) is 56.9 cm³/mol.